The molecule has 9 aromatic carbocycles. The van der Waals surface area contributed by atoms with Gasteiger partial charge in [0.15, 0.2) is 5.69 Å². The molecule has 0 bridgehead atoms. The van der Waals surface area contributed by atoms with Crippen LogP contribution in [0.25, 0.3) is 92.1 Å². The van der Waals surface area contributed by atoms with Crippen molar-refractivity contribution in [2.75, 3.05) is 0 Å². The maximum Gasteiger partial charge on any atom is 0.187 e. The van der Waals surface area contributed by atoms with Gasteiger partial charge in [-0.25, -0.2) is 4.85 Å². The van der Waals surface area contributed by atoms with Gasteiger partial charge in [0.05, 0.1) is 18.2 Å². The summed E-state index contributed by atoms with van der Waals surface area (Å²) in [5.74, 6) is 0. The normalized spacial score (nSPS) is 11.4. The van der Waals surface area contributed by atoms with Crippen molar-refractivity contribution in [1.82, 2.24) is 0 Å². The lowest BCUT2D eigenvalue weighted by Gasteiger charge is -2.20. The molecule has 0 heterocycles. The van der Waals surface area contributed by atoms with Crippen molar-refractivity contribution in [3.05, 3.63) is 163 Å². The molecule has 0 amide bonds. The van der Waals surface area contributed by atoms with Crippen molar-refractivity contribution in [1.29, 1.82) is 5.26 Å². The number of nitrogens with zero attached hydrogens (tertiary/aromatic N) is 2. The zero-order chi connectivity index (χ0) is 30.8. The van der Waals surface area contributed by atoms with Crippen molar-refractivity contribution in [3.8, 4) is 39.4 Å². The maximum absolute atomic E-state index is 9.37. The summed E-state index contributed by atoms with van der Waals surface area (Å²) < 4.78 is 0. The maximum atomic E-state index is 9.37. The second kappa shape index (κ2) is 10.0. The fourth-order valence-corrected chi connectivity index (χ4v) is 7.24. The summed E-state index contributed by atoms with van der Waals surface area (Å²) in [6, 6.07) is 53.7. The smallest absolute Gasteiger partial charge is 0.187 e. The zero-order valence-electron chi connectivity index (χ0n) is 24.8. The quantitative estimate of drug-likeness (QED) is 0.151. The molecule has 0 saturated carbocycles. The minimum Gasteiger partial charge on any atom is -0.238 e. The van der Waals surface area contributed by atoms with Gasteiger partial charge in [0, 0.05) is 0 Å². The molecule has 210 valence electrons. The average molecular weight is 581 g/mol. The van der Waals surface area contributed by atoms with Gasteiger partial charge in [-0.2, -0.15) is 5.26 Å². The Morgan fingerprint density at radius 3 is 1.76 bits per heavy atom. The first kappa shape index (κ1) is 26.0. The lowest BCUT2D eigenvalue weighted by atomic mass is 9.83. The van der Waals surface area contributed by atoms with E-state index < -0.39 is 0 Å². The van der Waals surface area contributed by atoms with Crippen LogP contribution in [0.3, 0.4) is 0 Å². The van der Waals surface area contributed by atoms with Crippen LogP contribution in [0.2, 0.25) is 0 Å². The number of benzene rings is 9. The van der Waals surface area contributed by atoms with Crippen LogP contribution < -0.4 is 0 Å². The van der Waals surface area contributed by atoms with E-state index in [9.17, 15) is 5.26 Å². The highest BCUT2D eigenvalue weighted by molar-refractivity contribution is 6.30. The summed E-state index contributed by atoms with van der Waals surface area (Å²) in [6.45, 7) is 7.48. The van der Waals surface area contributed by atoms with Crippen LogP contribution in [-0.4, -0.2) is 0 Å². The Morgan fingerprint density at radius 2 is 1.00 bits per heavy atom. The zero-order valence-corrected chi connectivity index (χ0v) is 24.8. The predicted octanol–water partition coefficient (Wildman–Crippen LogP) is 12.3. The van der Waals surface area contributed by atoms with E-state index in [0.29, 0.717) is 11.3 Å². The standard InChI is InChI=1S/C44H24N2/c1-46-34-18-14-31(15-19-34)41-25-42(33-13-12-30-11-10-28-4-2-3-5-35(28)40(30)24-33)39-23-22-37-36(29-8-6-27(26-45)7-9-29)20-16-32-17-21-38(41)44(39)43(32)37/h2-25H. The van der Waals surface area contributed by atoms with E-state index in [4.69, 9.17) is 6.57 Å². The highest BCUT2D eigenvalue weighted by Crippen LogP contribution is 2.46. The Balaban J connectivity index is 1.39. The molecule has 9 rings (SSSR count). The van der Waals surface area contributed by atoms with Crippen molar-refractivity contribution in [2.24, 2.45) is 0 Å². The molecular weight excluding hydrogens is 556 g/mol. The van der Waals surface area contributed by atoms with Crippen LogP contribution in [0.1, 0.15) is 5.56 Å². The summed E-state index contributed by atoms with van der Waals surface area (Å²) in [7, 11) is 0. The van der Waals surface area contributed by atoms with Gasteiger partial charge in [0.2, 0.25) is 0 Å². The highest BCUT2D eigenvalue weighted by Gasteiger charge is 2.19. The number of rotatable bonds is 3. The van der Waals surface area contributed by atoms with Gasteiger partial charge in [0.25, 0.3) is 0 Å². The van der Waals surface area contributed by atoms with Crippen LogP contribution >= 0.6 is 0 Å². The Morgan fingerprint density at radius 1 is 0.435 bits per heavy atom. The van der Waals surface area contributed by atoms with Gasteiger partial charge in [-0.05, 0) is 112 Å². The molecule has 0 unspecified atom stereocenters. The summed E-state index contributed by atoms with van der Waals surface area (Å²) >= 11 is 0. The summed E-state index contributed by atoms with van der Waals surface area (Å²) in [4.78, 5) is 3.63. The molecule has 46 heavy (non-hydrogen) atoms. The van der Waals surface area contributed by atoms with Crippen LogP contribution in [0, 0.1) is 17.9 Å². The molecule has 0 fully saturated rings. The molecule has 0 aromatic heterocycles. The Hall–Kier alpha value is -6.48. The van der Waals surface area contributed by atoms with Gasteiger partial charge < -0.3 is 0 Å². The van der Waals surface area contributed by atoms with Crippen molar-refractivity contribution in [2.45, 2.75) is 0 Å². The van der Waals surface area contributed by atoms with E-state index >= 15 is 0 Å². The third-order valence-corrected chi connectivity index (χ3v) is 9.47. The van der Waals surface area contributed by atoms with Crippen molar-refractivity contribution < 1.29 is 0 Å². The minimum atomic E-state index is 0.634. The number of hydrogen-bond donors (Lipinski definition) is 0. The molecule has 0 spiro atoms. The highest BCUT2D eigenvalue weighted by atomic mass is 14.6. The molecule has 0 N–H and O–H groups in total. The SMILES string of the molecule is [C-]#[N+]c1ccc(-c2cc(-c3ccc4ccc5ccccc5c4c3)c3ccc4c(-c5ccc(C#N)cc5)ccc5ccc2c3c54)cc1. The molecule has 0 aliphatic carbocycles. The van der Waals surface area contributed by atoms with Gasteiger partial charge >= 0.3 is 0 Å². The third-order valence-electron chi connectivity index (χ3n) is 9.47. The summed E-state index contributed by atoms with van der Waals surface area (Å²) in [5.41, 5.74) is 8.13. The molecule has 0 aliphatic rings. The lowest BCUT2D eigenvalue weighted by molar-refractivity contribution is 1.48. The Bertz CT molecular complexity index is 2740. The van der Waals surface area contributed by atoms with Crippen molar-refractivity contribution >= 4 is 59.5 Å². The monoisotopic (exact) mass is 580 g/mol. The number of nitriles is 1. The van der Waals surface area contributed by atoms with Gasteiger partial charge in [0.1, 0.15) is 0 Å². The second-order valence-electron chi connectivity index (χ2n) is 11.9. The first-order chi connectivity index (χ1) is 22.7. The van der Waals surface area contributed by atoms with Gasteiger partial charge in [-0.3, -0.25) is 0 Å². The molecule has 0 aliphatic heterocycles. The molecule has 0 saturated heterocycles. The Kier molecular flexibility index (Phi) is 5.66. The van der Waals surface area contributed by atoms with E-state index in [-0.39, 0.29) is 0 Å². The van der Waals surface area contributed by atoms with E-state index in [1.54, 1.807) is 0 Å². The Labute approximate surface area is 266 Å². The van der Waals surface area contributed by atoms with Crippen LogP contribution in [0.4, 0.5) is 5.69 Å². The fourth-order valence-electron chi connectivity index (χ4n) is 7.24. The fraction of sp³-hybridized carbons (Fsp3) is 0. The second-order valence-corrected chi connectivity index (χ2v) is 11.9. The summed E-state index contributed by atoms with van der Waals surface area (Å²) in [5, 5.41) is 21.6. The predicted molar refractivity (Wildman–Crippen MR) is 192 cm³/mol. The molecular formula is C44H24N2. The van der Waals surface area contributed by atoms with Crippen LogP contribution in [-0.2, 0) is 0 Å². The first-order valence-corrected chi connectivity index (χ1v) is 15.3. The number of hydrogen-bond acceptors (Lipinski definition) is 1. The topological polar surface area (TPSA) is 28.1 Å². The van der Waals surface area contributed by atoms with Gasteiger partial charge in [-0.15, -0.1) is 0 Å². The van der Waals surface area contributed by atoms with Crippen molar-refractivity contribution in [3.63, 3.8) is 0 Å². The average Bonchev–Trinajstić information content (AvgIpc) is 3.13. The first-order valence-electron chi connectivity index (χ1n) is 15.3. The third kappa shape index (κ3) is 3.88. The largest absolute Gasteiger partial charge is 0.238 e. The molecule has 0 atom stereocenters. The van der Waals surface area contributed by atoms with Gasteiger partial charge in [-0.1, -0.05) is 121 Å². The molecule has 9 aromatic rings. The molecule has 2 heteroatoms. The van der Waals surface area contributed by atoms with E-state index in [1.807, 2.05) is 36.4 Å². The van der Waals surface area contributed by atoms with E-state index in [0.717, 1.165) is 22.3 Å². The van der Waals surface area contributed by atoms with Crippen LogP contribution in [0.5, 0.6) is 0 Å². The van der Waals surface area contributed by atoms with Crippen LogP contribution in [0.15, 0.2) is 146 Å². The molecule has 0 radical (unpaired) electrons. The molecule has 2 nitrogen and oxygen atoms in total. The minimum absolute atomic E-state index is 0.634. The lowest BCUT2D eigenvalue weighted by Crippen LogP contribution is -1.92. The summed E-state index contributed by atoms with van der Waals surface area (Å²) in [6.07, 6.45) is 0. The van der Waals surface area contributed by atoms with E-state index in [1.165, 1.54) is 65.0 Å². The number of fused-ring (bicyclic) bond motifs is 3. The van der Waals surface area contributed by atoms with E-state index in [2.05, 4.69) is 120 Å².